The zero-order chi connectivity index (χ0) is 14.4. The summed E-state index contributed by atoms with van der Waals surface area (Å²) in [6, 6.07) is 0. The van der Waals surface area contributed by atoms with Gasteiger partial charge < -0.3 is 4.57 Å². The molecular formula is C7H12N2O7S2. The highest BCUT2D eigenvalue weighted by molar-refractivity contribution is 7.94. The normalized spacial score (nSPS) is 11.5. The second-order valence-corrected chi connectivity index (χ2v) is 5.13. The molecule has 0 aliphatic carbocycles. The van der Waals surface area contributed by atoms with Crippen LogP contribution in [0.15, 0.2) is 25.0 Å². The summed E-state index contributed by atoms with van der Waals surface area (Å²) in [5, 5.41) is 0. The maximum atomic E-state index is 9.44. The van der Waals surface area contributed by atoms with E-state index in [1.54, 1.807) is 6.20 Å². The quantitative estimate of drug-likeness (QED) is 0.574. The van der Waals surface area contributed by atoms with Gasteiger partial charge in [-0.25, -0.2) is 4.98 Å². The third-order valence-corrected chi connectivity index (χ3v) is 2.80. The van der Waals surface area contributed by atoms with E-state index in [0.717, 1.165) is 12.2 Å². The van der Waals surface area contributed by atoms with Gasteiger partial charge in [0.05, 0.1) is 0 Å². The van der Waals surface area contributed by atoms with Crippen molar-refractivity contribution in [3.05, 3.63) is 30.9 Å². The van der Waals surface area contributed by atoms with Crippen molar-refractivity contribution in [3.8, 4) is 0 Å². The largest absolute Gasteiger partial charge is 0.413 e. The van der Waals surface area contributed by atoms with Gasteiger partial charge in [0.25, 0.3) is 0 Å². The van der Waals surface area contributed by atoms with Crippen molar-refractivity contribution >= 4 is 20.8 Å². The van der Waals surface area contributed by atoms with Crippen LogP contribution in [0.5, 0.6) is 0 Å². The van der Waals surface area contributed by atoms with Crippen LogP contribution in [0.4, 0.5) is 0 Å². The van der Waals surface area contributed by atoms with Crippen molar-refractivity contribution in [2.75, 3.05) is 0 Å². The highest BCUT2D eigenvalue weighted by Crippen LogP contribution is 1.94. The van der Waals surface area contributed by atoms with Crippen LogP contribution >= 0.6 is 0 Å². The molecule has 1 rings (SSSR count). The van der Waals surface area contributed by atoms with E-state index < -0.39 is 20.8 Å². The first-order chi connectivity index (χ1) is 8.05. The Morgan fingerprint density at radius 3 is 2.11 bits per heavy atom. The topological polar surface area (TPSA) is 136 Å². The van der Waals surface area contributed by atoms with Gasteiger partial charge in [0, 0.05) is 25.9 Å². The Labute approximate surface area is 105 Å². The molecule has 0 unspecified atom stereocenters. The van der Waals surface area contributed by atoms with Crippen LogP contribution in [-0.2, 0) is 37.9 Å². The zero-order valence-electron chi connectivity index (χ0n) is 9.29. The number of hydrogen-bond donors (Lipinski definition) is 2. The number of allylic oxidation sites excluding steroid dienone is 1. The average molecular weight is 300 g/mol. The van der Waals surface area contributed by atoms with Crippen LogP contribution in [0.2, 0.25) is 0 Å². The molecule has 1 aromatic heterocycles. The minimum Gasteiger partial charge on any atom is -0.338 e. The Kier molecular flexibility index (Phi) is 6.14. The van der Waals surface area contributed by atoms with Crippen molar-refractivity contribution in [1.29, 1.82) is 0 Å². The molecular weight excluding hydrogens is 288 g/mol. The van der Waals surface area contributed by atoms with E-state index in [-0.39, 0.29) is 0 Å². The van der Waals surface area contributed by atoms with E-state index in [4.69, 9.17) is 9.11 Å². The van der Waals surface area contributed by atoms with E-state index in [2.05, 4.69) is 15.2 Å². The molecule has 0 radical (unpaired) electrons. The first kappa shape index (κ1) is 16.7. The molecule has 9 nitrogen and oxygen atoms in total. The molecule has 0 aliphatic rings. The smallest absolute Gasteiger partial charge is 0.338 e. The minimum absolute atomic E-state index is 0.851. The molecule has 1 aromatic rings. The maximum Gasteiger partial charge on any atom is 0.413 e. The van der Waals surface area contributed by atoms with E-state index in [1.807, 2.05) is 23.9 Å². The SMILES string of the molecule is C=CCc1nccn1C.O=S(=O)(O)OS(=O)(=O)O. The molecule has 1 heterocycles. The molecule has 0 aromatic carbocycles. The predicted molar refractivity (Wildman–Crippen MR) is 61.3 cm³/mol. The van der Waals surface area contributed by atoms with Crippen molar-refractivity contribution in [1.82, 2.24) is 9.55 Å². The Balaban J connectivity index is 0.000000321. The summed E-state index contributed by atoms with van der Waals surface area (Å²) in [6.07, 6.45) is 6.42. The number of hydrogen-bond acceptors (Lipinski definition) is 6. The van der Waals surface area contributed by atoms with Gasteiger partial charge >= 0.3 is 20.8 Å². The highest BCUT2D eigenvalue weighted by Gasteiger charge is 2.15. The summed E-state index contributed by atoms with van der Waals surface area (Å²) >= 11 is 0. The summed E-state index contributed by atoms with van der Waals surface area (Å²) in [6.45, 7) is 3.62. The van der Waals surface area contributed by atoms with Crippen LogP contribution in [0.3, 0.4) is 0 Å². The maximum absolute atomic E-state index is 9.44. The molecule has 0 amide bonds. The van der Waals surface area contributed by atoms with Gasteiger partial charge in [-0.1, -0.05) is 6.08 Å². The van der Waals surface area contributed by atoms with Gasteiger partial charge in [0.15, 0.2) is 0 Å². The van der Waals surface area contributed by atoms with E-state index in [0.29, 0.717) is 0 Å². The van der Waals surface area contributed by atoms with Crippen LogP contribution < -0.4 is 0 Å². The lowest BCUT2D eigenvalue weighted by Gasteiger charge is -1.93. The minimum atomic E-state index is -5.12. The number of aryl methyl sites for hydroxylation is 1. The van der Waals surface area contributed by atoms with Crippen LogP contribution in [-0.4, -0.2) is 35.5 Å². The zero-order valence-corrected chi connectivity index (χ0v) is 10.9. The number of imidazole rings is 1. The molecule has 0 saturated carbocycles. The summed E-state index contributed by atoms with van der Waals surface area (Å²) in [4.78, 5) is 4.10. The van der Waals surface area contributed by atoms with Gasteiger partial charge in [-0.05, 0) is 0 Å². The standard InChI is InChI=1S/C7H10N2.H2O7S2/c1-3-4-7-8-5-6-9(7)2;1-8(2,3)7-9(4,5)6/h3,5-6H,1,4H2,2H3;(H,1,2,3)(H,4,5,6). The van der Waals surface area contributed by atoms with Gasteiger partial charge in [0.2, 0.25) is 0 Å². The lowest BCUT2D eigenvalue weighted by Crippen LogP contribution is -2.10. The molecule has 104 valence electrons. The second-order valence-electron chi connectivity index (χ2n) is 2.87. The summed E-state index contributed by atoms with van der Waals surface area (Å²) < 4.78 is 57.6. The predicted octanol–water partition coefficient (Wildman–Crippen LogP) is -0.243. The number of nitrogens with zero attached hydrogens (tertiary/aromatic N) is 2. The molecule has 0 spiro atoms. The lowest BCUT2D eigenvalue weighted by molar-refractivity contribution is 0.344. The molecule has 18 heavy (non-hydrogen) atoms. The summed E-state index contributed by atoms with van der Waals surface area (Å²) in [7, 11) is -8.26. The van der Waals surface area contributed by atoms with Crippen molar-refractivity contribution in [2.45, 2.75) is 6.42 Å². The van der Waals surface area contributed by atoms with Crippen molar-refractivity contribution in [3.63, 3.8) is 0 Å². The first-order valence-corrected chi connectivity index (χ1v) is 7.01. The van der Waals surface area contributed by atoms with E-state index in [1.165, 1.54) is 0 Å². The summed E-state index contributed by atoms with van der Waals surface area (Å²) in [5.41, 5.74) is 0. The average Bonchev–Trinajstić information content (AvgIpc) is 2.47. The molecule has 0 fully saturated rings. The summed E-state index contributed by atoms with van der Waals surface area (Å²) in [5.74, 6) is 1.06. The van der Waals surface area contributed by atoms with Crippen LogP contribution in [0, 0.1) is 0 Å². The third-order valence-electron chi connectivity index (χ3n) is 1.42. The van der Waals surface area contributed by atoms with E-state index in [9.17, 15) is 16.8 Å². The third kappa shape index (κ3) is 8.83. The van der Waals surface area contributed by atoms with Crippen molar-refractivity contribution in [2.24, 2.45) is 7.05 Å². The fourth-order valence-corrected chi connectivity index (χ4v) is 1.70. The van der Waals surface area contributed by atoms with Crippen LogP contribution in [0.25, 0.3) is 0 Å². The first-order valence-electron chi connectivity index (χ1n) is 4.28. The van der Waals surface area contributed by atoms with Gasteiger partial charge in [-0.3, -0.25) is 9.11 Å². The fourth-order valence-electron chi connectivity index (χ4n) is 0.831. The molecule has 2 N–H and O–H groups in total. The Morgan fingerprint density at radius 1 is 1.39 bits per heavy atom. The van der Waals surface area contributed by atoms with Gasteiger partial charge in [-0.2, -0.15) is 16.8 Å². The Morgan fingerprint density at radius 2 is 1.89 bits per heavy atom. The van der Waals surface area contributed by atoms with Crippen LogP contribution in [0.1, 0.15) is 5.82 Å². The van der Waals surface area contributed by atoms with Gasteiger partial charge in [0.1, 0.15) is 5.82 Å². The highest BCUT2D eigenvalue weighted by atomic mass is 32.3. The number of rotatable bonds is 4. The molecule has 0 aliphatic heterocycles. The Bertz CT molecular complexity index is 557. The molecule has 0 saturated heterocycles. The second kappa shape index (κ2) is 6.61. The molecule has 0 atom stereocenters. The molecule has 0 bridgehead atoms. The lowest BCUT2D eigenvalue weighted by atomic mass is 10.4. The van der Waals surface area contributed by atoms with Crippen molar-refractivity contribution < 1.29 is 29.6 Å². The number of aromatic nitrogens is 2. The Hall–Kier alpha value is -1.27. The van der Waals surface area contributed by atoms with Gasteiger partial charge in [-0.15, -0.1) is 10.2 Å². The fraction of sp³-hybridized carbons (Fsp3) is 0.286. The monoisotopic (exact) mass is 300 g/mol. The van der Waals surface area contributed by atoms with E-state index >= 15 is 0 Å². The molecule has 11 heteroatoms.